The molecular weight excluding hydrogens is 250 g/mol. The first-order chi connectivity index (χ1) is 9.08. The van der Waals surface area contributed by atoms with Crippen LogP contribution in [0.15, 0.2) is 36.7 Å². The van der Waals surface area contributed by atoms with Crippen molar-refractivity contribution >= 4 is 23.2 Å². The Kier molecular flexibility index (Phi) is 3.33. The molecule has 0 fully saturated rings. The van der Waals surface area contributed by atoms with Crippen LogP contribution in [-0.2, 0) is 0 Å². The van der Waals surface area contributed by atoms with E-state index in [9.17, 15) is 14.9 Å². The summed E-state index contributed by atoms with van der Waals surface area (Å²) in [5, 5.41) is 13.3. The van der Waals surface area contributed by atoms with Crippen molar-refractivity contribution in [2.45, 2.75) is 0 Å². The molecule has 0 aliphatic heterocycles. The molecule has 8 nitrogen and oxygen atoms in total. The molecule has 2 aromatic heterocycles. The number of hydrogen-bond acceptors (Lipinski definition) is 6. The molecule has 0 bridgehead atoms. The smallest absolute Gasteiger partial charge is 0.300 e. The largest absolute Gasteiger partial charge is 0.384 e. The minimum atomic E-state index is -0.695. The van der Waals surface area contributed by atoms with E-state index in [2.05, 4.69) is 15.3 Å². The average molecular weight is 259 g/mol. The van der Waals surface area contributed by atoms with E-state index < -0.39 is 16.5 Å². The first-order valence-electron chi connectivity index (χ1n) is 5.20. The highest BCUT2D eigenvalue weighted by Crippen LogP contribution is 2.20. The molecule has 0 unspecified atom stereocenters. The second-order valence-corrected chi connectivity index (χ2v) is 3.55. The Balaban J connectivity index is 2.33. The molecule has 2 rings (SSSR count). The maximum absolute atomic E-state index is 12.0. The Morgan fingerprint density at radius 3 is 2.79 bits per heavy atom. The van der Waals surface area contributed by atoms with E-state index in [0.717, 1.165) is 12.3 Å². The first kappa shape index (κ1) is 12.4. The van der Waals surface area contributed by atoms with Crippen LogP contribution in [0, 0.1) is 10.1 Å². The molecule has 0 aliphatic carbocycles. The zero-order chi connectivity index (χ0) is 13.8. The molecule has 0 saturated carbocycles. The molecule has 0 radical (unpaired) electrons. The molecule has 2 aromatic rings. The fourth-order valence-electron chi connectivity index (χ4n) is 1.41. The molecular formula is C11H9N5O3. The van der Waals surface area contributed by atoms with E-state index in [1.807, 2.05) is 0 Å². The van der Waals surface area contributed by atoms with Crippen LogP contribution in [-0.4, -0.2) is 20.8 Å². The van der Waals surface area contributed by atoms with Crippen molar-refractivity contribution in [2.75, 3.05) is 11.1 Å². The van der Waals surface area contributed by atoms with Gasteiger partial charge in [-0.2, -0.15) is 0 Å². The van der Waals surface area contributed by atoms with Gasteiger partial charge in [0, 0.05) is 6.20 Å². The van der Waals surface area contributed by atoms with Crippen LogP contribution in [0.25, 0.3) is 0 Å². The minimum Gasteiger partial charge on any atom is -0.384 e. The molecule has 3 N–H and O–H groups in total. The number of nitrogens with two attached hydrogens (primary N) is 1. The third-order valence-electron chi connectivity index (χ3n) is 2.25. The number of nitrogens with zero attached hydrogens (tertiary/aromatic N) is 3. The van der Waals surface area contributed by atoms with E-state index in [4.69, 9.17) is 5.73 Å². The molecule has 0 saturated heterocycles. The third kappa shape index (κ3) is 2.80. The number of rotatable bonds is 3. The summed E-state index contributed by atoms with van der Waals surface area (Å²) in [5.74, 6) is -0.353. The summed E-state index contributed by atoms with van der Waals surface area (Å²) in [6.07, 6.45) is 2.44. The molecule has 1 amide bonds. The molecule has 0 aromatic carbocycles. The lowest BCUT2D eigenvalue weighted by molar-refractivity contribution is -0.385. The van der Waals surface area contributed by atoms with E-state index in [1.165, 1.54) is 6.20 Å². The number of carbonyl (C=O) groups excluding carboxylic acids is 1. The van der Waals surface area contributed by atoms with E-state index in [-0.39, 0.29) is 17.2 Å². The highest BCUT2D eigenvalue weighted by atomic mass is 16.6. The fraction of sp³-hybridized carbons (Fsp3) is 0. The Bertz CT molecular complexity index is 629. The SMILES string of the molecule is Nc1cc(C(=O)Nc2ccccn2)c([N+](=O)[O-])cn1. The zero-order valence-electron chi connectivity index (χ0n) is 9.61. The number of amides is 1. The molecule has 19 heavy (non-hydrogen) atoms. The maximum Gasteiger partial charge on any atom is 0.300 e. The lowest BCUT2D eigenvalue weighted by Gasteiger charge is -2.05. The average Bonchev–Trinajstić information content (AvgIpc) is 2.39. The summed E-state index contributed by atoms with van der Waals surface area (Å²) < 4.78 is 0. The van der Waals surface area contributed by atoms with Gasteiger partial charge >= 0.3 is 0 Å². The zero-order valence-corrected chi connectivity index (χ0v) is 9.61. The van der Waals surface area contributed by atoms with Crippen molar-refractivity contribution in [1.29, 1.82) is 0 Å². The number of anilines is 2. The number of nitro groups is 1. The molecule has 8 heteroatoms. The predicted octanol–water partition coefficient (Wildman–Crippen LogP) is 1.22. The van der Waals surface area contributed by atoms with Gasteiger partial charge in [0.25, 0.3) is 11.6 Å². The van der Waals surface area contributed by atoms with E-state index in [1.54, 1.807) is 18.2 Å². The van der Waals surface area contributed by atoms with Crippen LogP contribution >= 0.6 is 0 Å². The summed E-state index contributed by atoms with van der Waals surface area (Å²) >= 11 is 0. The van der Waals surface area contributed by atoms with Crippen LogP contribution < -0.4 is 11.1 Å². The van der Waals surface area contributed by atoms with Gasteiger partial charge in [0.1, 0.15) is 23.4 Å². The van der Waals surface area contributed by atoms with E-state index in [0.29, 0.717) is 0 Å². The summed E-state index contributed by atoms with van der Waals surface area (Å²) in [6.45, 7) is 0. The van der Waals surface area contributed by atoms with Crippen molar-refractivity contribution in [3.8, 4) is 0 Å². The van der Waals surface area contributed by atoms with Gasteiger partial charge < -0.3 is 11.1 Å². The molecule has 0 atom stereocenters. The quantitative estimate of drug-likeness (QED) is 0.630. The summed E-state index contributed by atoms with van der Waals surface area (Å²) in [4.78, 5) is 29.6. The van der Waals surface area contributed by atoms with Crippen LogP contribution in [0.3, 0.4) is 0 Å². The normalized spacial score (nSPS) is 9.89. The summed E-state index contributed by atoms with van der Waals surface area (Å²) in [6, 6.07) is 6.07. The number of pyridine rings is 2. The number of aromatic nitrogens is 2. The van der Waals surface area contributed by atoms with Crippen LogP contribution in [0.1, 0.15) is 10.4 Å². The van der Waals surface area contributed by atoms with Crippen LogP contribution in [0.2, 0.25) is 0 Å². The second-order valence-electron chi connectivity index (χ2n) is 3.55. The minimum absolute atomic E-state index is 0.0248. The van der Waals surface area contributed by atoms with Gasteiger partial charge in [-0.3, -0.25) is 14.9 Å². The van der Waals surface area contributed by atoms with Gasteiger partial charge in [-0.1, -0.05) is 6.07 Å². The lowest BCUT2D eigenvalue weighted by Crippen LogP contribution is -2.15. The Labute approximate surface area is 107 Å². The Morgan fingerprint density at radius 2 is 2.16 bits per heavy atom. The number of nitrogen functional groups attached to an aromatic ring is 1. The van der Waals surface area contributed by atoms with Crippen molar-refractivity contribution in [3.63, 3.8) is 0 Å². The predicted molar refractivity (Wildman–Crippen MR) is 67.5 cm³/mol. The van der Waals surface area contributed by atoms with Crippen LogP contribution in [0.5, 0.6) is 0 Å². The molecule has 0 spiro atoms. The summed E-state index contributed by atoms with van der Waals surface area (Å²) in [5.41, 5.74) is 4.85. The van der Waals surface area contributed by atoms with Crippen molar-refractivity contribution < 1.29 is 9.72 Å². The second kappa shape index (κ2) is 5.08. The molecule has 96 valence electrons. The van der Waals surface area contributed by atoms with Crippen molar-refractivity contribution in [2.24, 2.45) is 0 Å². The number of nitrogens with one attached hydrogen (secondary N) is 1. The van der Waals surface area contributed by atoms with Gasteiger partial charge in [-0.05, 0) is 18.2 Å². The van der Waals surface area contributed by atoms with Gasteiger partial charge in [0.2, 0.25) is 0 Å². The summed E-state index contributed by atoms with van der Waals surface area (Å²) in [7, 11) is 0. The van der Waals surface area contributed by atoms with Crippen LogP contribution in [0.4, 0.5) is 17.3 Å². The monoisotopic (exact) mass is 259 g/mol. The van der Waals surface area contributed by atoms with Crippen molar-refractivity contribution in [3.05, 3.63) is 52.3 Å². The highest BCUT2D eigenvalue weighted by molar-refractivity contribution is 6.06. The van der Waals surface area contributed by atoms with Gasteiger partial charge in [0.15, 0.2) is 0 Å². The topological polar surface area (TPSA) is 124 Å². The number of carbonyl (C=O) groups is 1. The fourth-order valence-corrected chi connectivity index (χ4v) is 1.41. The molecule has 2 heterocycles. The highest BCUT2D eigenvalue weighted by Gasteiger charge is 2.21. The van der Waals surface area contributed by atoms with Gasteiger partial charge in [0.05, 0.1) is 4.92 Å². The van der Waals surface area contributed by atoms with Gasteiger partial charge in [-0.25, -0.2) is 9.97 Å². The first-order valence-corrected chi connectivity index (χ1v) is 5.20. The maximum atomic E-state index is 12.0. The Morgan fingerprint density at radius 1 is 1.37 bits per heavy atom. The standard InChI is InChI=1S/C11H9N5O3/c12-9-5-7(8(6-14-9)16(18)19)11(17)15-10-3-1-2-4-13-10/h1-6H,(H2,12,14)(H,13,15,17). The van der Waals surface area contributed by atoms with Crippen molar-refractivity contribution in [1.82, 2.24) is 9.97 Å². The Hall–Kier alpha value is -3.03. The van der Waals surface area contributed by atoms with Gasteiger partial charge in [-0.15, -0.1) is 0 Å². The lowest BCUT2D eigenvalue weighted by atomic mass is 10.2. The number of hydrogen-bond donors (Lipinski definition) is 2. The third-order valence-corrected chi connectivity index (χ3v) is 2.25. The molecule has 0 aliphatic rings. The van der Waals surface area contributed by atoms with E-state index >= 15 is 0 Å².